The SMILES string of the molecule is Cc1ccc(Cl)c(COc2[nH]c(=O)c(C#N)c3ccc(F)cc23)c1. The lowest BCUT2D eigenvalue weighted by molar-refractivity contribution is 0.297. The first-order valence-electron chi connectivity index (χ1n) is 7.13. The number of nitrogens with one attached hydrogen (secondary N) is 1. The lowest BCUT2D eigenvalue weighted by atomic mass is 10.1. The van der Waals surface area contributed by atoms with Gasteiger partial charge in [0.1, 0.15) is 24.1 Å². The van der Waals surface area contributed by atoms with Gasteiger partial charge >= 0.3 is 0 Å². The second-order valence-electron chi connectivity index (χ2n) is 5.34. The minimum absolute atomic E-state index is 0.0778. The van der Waals surface area contributed by atoms with Gasteiger partial charge in [0, 0.05) is 21.4 Å². The van der Waals surface area contributed by atoms with Gasteiger partial charge in [0.15, 0.2) is 0 Å². The largest absolute Gasteiger partial charge is 0.474 e. The van der Waals surface area contributed by atoms with Crippen LogP contribution < -0.4 is 10.3 Å². The van der Waals surface area contributed by atoms with Gasteiger partial charge in [-0.1, -0.05) is 29.3 Å². The highest BCUT2D eigenvalue weighted by molar-refractivity contribution is 6.31. The molecule has 0 fully saturated rings. The molecule has 4 nitrogen and oxygen atoms in total. The van der Waals surface area contributed by atoms with Crippen molar-refractivity contribution >= 4 is 22.4 Å². The Kier molecular flexibility index (Phi) is 4.24. The number of rotatable bonds is 3. The number of nitriles is 1. The Hall–Kier alpha value is -2.84. The zero-order valence-electron chi connectivity index (χ0n) is 12.7. The van der Waals surface area contributed by atoms with E-state index >= 15 is 0 Å². The Morgan fingerprint density at radius 3 is 2.79 bits per heavy atom. The van der Waals surface area contributed by atoms with Gasteiger partial charge in [0.25, 0.3) is 5.56 Å². The second-order valence-corrected chi connectivity index (χ2v) is 5.75. The summed E-state index contributed by atoms with van der Waals surface area (Å²) in [6.45, 7) is 2.03. The molecular weight excluding hydrogens is 331 g/mol. The maximum Gasteiger partial charge on any atom is 0.269 e. The highest BCUT2D eigenvalue weighted by Gasteiger charge is 2.13. The molecule has 0 spiro atoms. The van der Waals surface area contributed by atoms with Crippen LogP contribution >= 0.6 is 11.6 Å². The number of H-pyrrole nitrogens is 1. The van der Waals surface area contributed by atoms with Crippen molar-refractivity contribution in [3.05, 3.63) is 74.3 Å². The van der Waals surface area contributed by atoms with E-state index in [0.29, 0.717) is 15.8 Å². The molecule has 1 N–H and O–H groups in total. The molecule has 24 heavy (non-hydrogen) atoms. The van der Waals surface area contributed by atoms with E-state index in [1.165, 1.54) is 18.2 Å². The fourth-order valence-corrected chi connectivity index (χ4v) is 2.64. The number of aromatic amines is 1. The smallest absolute Gasteiger partial charge is 0.269 e. The first-order chi connectivity index (χ1) is 11.5. The molecular formula is C18H12ClFN2O2. The average Bonchev–Trinajstić information content (AvgIpc) is 2.56. The summed E-state index contributed by atoms with van der Waals surface area (Å²) in [4.78, 5) is 14.5. The number of aromatic nitrogens is 1. The standard InChI is InChI=1S/C18H12ClFN2O2/c1-10-2-5-16(19)11(6-10)9-24-18-14-7-12(20)3-4-13(14)15(8-21)17(23)22-18/h2-7H,9H2,1H3,(H,22,23). The van der Waals surface area contributed by atoms with Crippen LogP contribution in [0.4, 0.5) is 4.39 Å². The summed E-state index contributed by atoms with van der Waals surface area (Å²) in [5, 5.41) is 10.3. The van der Waals surface area contributed by atoms with E-state index in [2.05, 4.69) is 4.98 Å². The molecule has 0 atom stereocenters. The zero-order chi connectivity index (χ0) is 17.3. The Morgan fingerprint density at radius 2 is 2.04 bits per heavy atom. The second kappa shape index (κ2) is 6.34. The molecule has 1 heterocycles. The number of nitrogens with zero attached hydrogens (tertiary/aromatic N) is 1. The zero-order valence-corrected chi connectivity index (χ0v) is 13.4. The molecule has 0 radical (unpaired) electrons. The number of ether oxygens (including phenoxy) is 1. The van der Waals surface area contributed by atoms with Crippen LogP contribution in [0.25, 0.3) is 10.8 Å². The summed E-state index contributed by atoms with van der Waals surface area (Å²) >= 11 is 6.13. The molecule has 0 unspecified atom stereocenters. The fourth-order valence-electron chi connectivity index (χ4n) is 2.47. The van der Waals surface area contributed by atoms with Gasteiger partial charge in [-0.05, 0) is 31.2 Å². The number of benzene rings is 2. The van der Waals surface area contributed by atoms with E-state index < -0.39 is 11.4 Å². The Bertz CT molecular complexity index is 1040. The van der Waals surface area contributed by atoms with Crippen molar-refractivity contribution in [1.29, 1.82) is 5.26 Å². The molecule has 6 heteroatoms. The van der Waals surface area contributed by atoms with Crippen LogP contribution in [0.1, 0.15) is 16.7 Å². The van der Waals surface area contributed by atoms with Crippen molar-refractivity contribution in [3.63, 3.8) is 0 Å². The van der Waals surface area contributed by atoms with Gasteiger partial charge < -0.3 is 4.74 Å². The fraction of sp³-hybridized carbons (Fsp3) is 0.111. The summed E-state index contributed by atoms with van der Waals surface area (Å²) < 4.78 is 19.2. The first-order valence-corrected chi connectivity index (χ1v) is 7.51. The van der Waals surface area contributed by atoms with Crippen molar-refractivity contribution in [3.8, 4) is 11.9 Å². The lowest BCUT2D eigenvalue weighted by Crippen LogP contribution is -2.13. The van der Waals surface area contributed by atoms with Crippen LogP contribution in [0.15, 0.2) is 41.2 Å². The summed E-state index contributed by atoms with van der Waals surface area (Å²) in [5.74, 6) is -0.386. The number of halogens is 2. The Morgan fingerprint density at radius 1 is 1.25 bits per heavy atom. The molecule has 0 amide bonds. The molecule has 0 aliphatic rings. The van der Waals surface area contributed by atoms with E-state index in [4.69, 9.17) is 21.6 Å². The molecule has 0 saturated carbocycles. The van der Waals surface area contributed by atoms with Gasteiger partial charge in [-0.2, -0.15) is 5.26 Å². The maximum atomic E-state index is 13.6. The normalized spacial score (nSPS) is 10.6. The lowest BCUT2D eigenvalue weighted by Gasteiger charge is -2.11. The summed E-state index contributed by atoms with van der Waals surface area (Å²) in [5.41, 5.74) is 1.10. The van der Waals surface area contributed by atoms with Gasteiger partial charge in [0.05, 0.1) is 0 Å². The quantitative estimate of drug-likeness (QED) is 0.780. The summed E-state index contributed by atoms with van der Waals surface area (Å²) in [6, 6.07) is 11.1. The van der Waals surface area contributed by atoms with Crippen molar-refractivity contribution < 1.29 is 9.13 Å². The van der Waals surface area contributed by atoms with Crippen molar-refractivity contribution in [2.75, 3.05) is 0 Å². The van der Waals surface area contributed by atoms with Gasteiger partial charge in [-0.3, -0.25) is 9.78 Å². The number of aryl methyl sites for hydroxylation is 1. The summed E-state index contributed by atoms with van der Waals surface area (Å²) in [6.07, 6.45) is 0. The minimum atomic E-state index is -0.582. The van der Waals surface area contributed by atoms with Crippen LogP contribution in [-0.4, -0.2) is 4.98 Å². The van der Waals surface area contributed by atoms with E-state index in [-0.39, 0.29) is 18.1 Å². The van der Waals surface area contributed by atoms with Crippen molar-refractivity contribution in [1.82, 2.24) is 4.98 Å². The molecule has 0 aliphatic carbocycles. The third kappa shape index (κ3) is 2.97. The number of hydrogen-bond acceptors (Lipinski definition) is 3. The highest BCUT2D eigenvalue weighted by atomic mass is 35.5. The van der Waals surface area contributed by atoms with Gasteiger partial charge in [-0.25, -0.2) is 4.39 Å². The van der Waals surface area contributed by atoms with Gasteiger partial charge in [0.2, 0.25) is 5.88 Å². The van der Waals surface area contributed by atoms with Crippen LogP contribution in [0.3, 0.4) is 0 Å². The predicted octanol–water partition coefficient (Wildman–Crippen LogP) is 4.08. The van der Waals surface area contributed by atoms with Crippen LogP contribution in [0.2, 0.25) is 5.02 Å². The van der Waals surface area contributed by atoms with E-state index in [9.17, 15) is 9.18 Å². The third-order valence-electron chi connectivity index (χ3n) is 3.63. The molecule has 120 valence electrons. The molecule has 3 aromatic rings. The molecule has 0 aliphatic heterocycles. The monoisotopic (exact) mass is 342 g/mol. The molecule has 3 rings (SSSR count). The highest BCUT2D eigenvalue weighted by Crippen LogP contribution is 2.26. The number of fused-ring (bicyclic) bond motifs is 1. The van der Waals surface area contributed by atoms with Crippen molar-refractivity contribution in [2.24, 2.45) is 0 Å². The van der Waals surface area contributed by atoms with E-state index in [0.717, 1.165) is 11.1 Å². The number of pyridine rings is 1. The van der Waals surface area contributed by atoms with E-state index in [1.807, 2.05) is 25.1 Å². The van der Waals surface area contributed by atoms with Crippen LogP contribution in [-0.2, 0) is 6.61 Å². The minimum Gasteiger partial charge on any atom is -0.474 e. The van der Waals surface area contributed by atoms with Crippen LogP contribution in [0.5, 0.6) is 5.88 Å². The van der Waals surface area contributed by atoms with E-state index in [1.54, 1.807) is 6.07 Å². The molecule has 2 aromatic carbocycles. The average molecular weight is 343 g/mol. The number of hydrogen-bond donors (Lipinski definition) is 1. The predicted molar refractivity (Wildman–Crippen MR) is 89.8 cm³/mol. The Labute approximate surface area is 142 Å². The van der Waals surface area contributed by atoms with Crippen molar-refractivity contribution in [2.45, 2.75) is 13.5 Å². The molecule has 0 bridgehead atoms. The van der Waals surface area contributed by atoms with Crippen LogP contribution in [0, 0.1) is 24.1 Å². The molecule has 0 saturated heterocycles. The maximum absolute atomic E-state index is 13.6. The molecule has 1 aromatic heterocycles. The topological polar surface area (TPSA) is 65.9 Å². The van der Waals surface area contributed by atoms with Gasteiger partial charge in [-0.15, -0.1) is 0 Å². The first kappa shape index (κ1) is 16.0. The third-order valence-corrected chi connectivity index (χ3v) is 4.00. The Balaban J connectivity index is 2.07. The summed E-state index contributed by atoms with van der Waals surface area (Å²) in [7, 11) is 0.